The van der Waals surface area contributed by atoms with Crippen molar-refractivity contribution in [3.05, 3.63) is 52.5 Å². The zero-order valence-corrected chi connectivity index (χ0v) is 9.84. The van der Waals surface area contributed by atoms with Crippen LogP contribution in [-0.4, -0.2) is 20.1 Å². The second-order valence-corrected chi connectivity index (χ2v) is 4.02. The Morgan fingerprint density at radius 3 is 2.56 bits per heavy atom. The molecule has 0 bridgehead atoms. The highest BCUT2D eigenvalue weighted by atomic mass is 19.1. The van der Waals surface area contributed by atoms with Crippen molar-refractivity contribution < 1.29 is 9.18 Å². The van der Waals surface area contributed by atoms with Crippen LogP contribution in [0.2, 0.25) is 0 Å². The van der Waals surface area contributed by atoms with E-state index in [-0.39, 0.29) is 30.3 Å². The van der Waals surface area contributed by atoms with Gasteiger partial charge in [0.2, 0.25) is 0 Å². The smallest absolute Gasteiger partial charge is 0.297 e. The van der Waals surface area contributed by atoms with Crippen LogP contribution in [0.3, 0.4) is 0 Å². The number of carbonyl (C=O) groups excluding carboxylic acids is 1. The van der Waals surface area contributed by atoms with Crippen LogP contribution in [0.5, 0.6) is 0 Å². The number of aromatic nitrogens is 3. The Morgan fingerprint density at radius 1 is 1.33 bits per heavy atom. The normalized spacial score (nSPS) is 10.6. The average Bonchev–Trinajstić information content (AvgIpc) is 2.64. The van der Waals surface area contributed by atoms with Crippen molar-refractivity contribution >= 4 is 5.78 Å². The number of hydrogen-bond donors (Lipinski definition) is 0. The SMILES string of the molecule is Cn1cnn(CC(=O)Cc2ccc(F)cc2)c1=O. The van der Waals surface area contributed by atoms with Crippen LogP contribution in [0.4, 0.5) is 4.39 Å². The maximum Gasteiger partial charge on any atom is 0.345 e. The molecule has 0 saturated carbocycles. The molecule has 6 heteroatoms. The molecule has 0 atom stereocenters. The summed E-state index contributed by atoms with van der Waals surface area (Å²) in [6, 6.07) is 5.70. The summed E-state index contributed by atoms with van der Waals surface area (Å²) in [5.41, 5.74) is 0.382. The van der Waals surface area contributed by atoms with E-state index in [1.54, 1.807) is 19.2 Å². The van der Waals surface area contributed by atoms with E-state index in [4.69, 9.17) is 0 Å². The van der Waals surface area contributed by atoms with Crippen LogP contribution >= 0.6 is 0 Å². The molecule has 2 aromatic rings. The van der Waals surface area contributed by atoms with Gasteiger partial charge in [0.05, 0.1) is 0 Å². The third-order valence-corrected chi connectivity index (χ3v) is 2.53. The summed E-state index contributed by atoms with van der Waals surface area (Å²) in [7, 11) is 1.57. The van der Waals surface area contributed by atoms with Gasteiger partial charge < -0.3 is 0 Å². The fraction of sp³-hybridized carbons (Fsp3) is 0.250. The standard InChI is InChI=1S/C12H12FN3O2/c1-15-8-14-16(12(15)18)7-11(17)6-9-2-4-10(13)5-3-9/h2-5,8H,6-7H2,1H3. The van der Waals surface area contributed by atoms with Gasteiger partial charge in [-0.25, -0.2) is 13.9 Å². The van der Waals surface area contributed by atoms with Gasteiger partial charge in [-0.05, 0) is 17.7 Å². The Balaban J connectivity index is 2.03. The van der Waals surface area contributed by atoms with Crippen LogP contribution < -0.4 is 5.69 Å². The van der Waals surface area contributed by atoms with Crippen molar-refractivity contribution in [2.75, 3.05) is 0 Å². The molecule has 1 aromatic heterocycles. The Bertz CT molecular complexity index is 613. The molecule has 0 saturated heterocycles. The highest BCUT2D eigenvalue weighted by Gasteiger charge is 2.08. The van der Waals surface area contributed by atoms with Crippen LogP contribution in [0.25, 0.3) is 0 Å². The Kier molecular flexibility index (Phi) is 3.36. The van der Waals surface area contributed by atoms with E-state index in [1.807, 2.05) is 0 Å². The number of halogens is 1. The van der Waals surface area contributed by atoms with Gasteiger partial charge >= 0.3 is 5.69 Å². The molecule has 0 aliphatic carbocycles. The minimum absolute atomic E-state index is 0.0724. The predicted molar refractivity (Wildman–Crippen MR) is 62.6 cm³/mol. The summed E-state index contributed by atoms with van der Waals surface area (Å²) in [4.78, 5) is 23.2. The quantitative estimate of drug-likeness (QED) is 0.794. The lowest BCUT2D eigenvalue weighted by Gasteiger charge is -2.01. The van der Waals surface area contributed by atoms with E-state index in [9.17, 15) is 14.0 Å². The Morgan fingerprint density at radius 2 is 2.00 bits per heavy atom. The molecule has 0 N–H and O–H groups in total. The van der Waals surface area contributed by atoms with E-state index >= 15 is 0 Å². The van der Waals surface area contributed by atoms with Crippen molar-refractivity contribution in [1.29, 1.82) is 0 Å². The molecular weight excluding hydrogens is 237 g/mol. The zero-order chi connectivity index (χ0) is 13.1. The zero-order valence-electron chi connectivity index (χ0n) is 9.84. The van der Waals surface area contributed by atoms with Gasteiger partial charge in [0, 0.05) is 13.5 Å². The number of hydrogen-bond acceptors (Lipinski definition) is 3. The number of nitrogens with zero attached hydrogens (tertiary/aromatic N) is 3. The molecule has 1 aromatic carbocycles. The van der Waals surface area contributed by atoms with Gasteiger partial charge in [-0.1, -0.05) is 12.1 Å². The number of carbonyl (C=O) groups is 1. The van der Waals surface area contributed by atoms with Gasteiger partial charge in [0.15, 0.2) is 5.78 Å². The molecule has 2 rings (SSSR count). The molecule has 5 nitrogen and oxygen atoms in total. The fourth-order valence-electron chi connectivity index (χ4n) is 1.58. The molecule has 0 spiro atoms. The van der Waals surface area contributed by atoms with E-state index in [0.29, 0.717) is 5.56 Å². The highest BCUT2D eigenvalue weighted by Crippen LogP contribution is 2.04. The lowest BCUT2D eigenvalue weighted by molar-refractivity contribution is -0.119. The van der Waals surface area contributed by atoms with E-state index < -0.39 is 0 Å². The number of ketones is 1. The maximum absolute atomic E-state index is 12.7. The first-order chi connectivity index (χ1) is 8.56. The van der Waals surface area contributed by atoms with Crippen molar-refractivity contribution in [2.45, 2.75) is 13.0 Å². The molecule has 0 radical (unpaired) electrons. The van der Waals surface area contributed by atoms with Crippen molar-refractivity contribution in [3.8, 4) is 0 Å². The largest absolute Gasteiger partial charge is 0.345 e. The molecule has 0 aliphatic rings. The number of aryl methyl sites for hydroxylation is 1. The summed E-state index contributed by atoms with van der Waals surface area (Å²) in [6.45, 7) is -0.0724. The second-order valence-electron chi connectivity index (χ2n) is 4.02. The topological polar surface area (TPSA) is 56.9 Å². The third-order valence-electron chi connectivity index (χ3n) is 2.53. The average molecular weight is 249 g/mol. The van der Waals surface area contributed by atoms with Crippen molar-refractivity contribution in [3.63, 3.8) is 0 Å². The first-order valence-electron chi connectivity index (χ1n) is 5.41. The van der Waals surface area contributed by atoms with Gasteiger partial charge in [-0.3, -0.25) is 9.36 Å². The minimum Gasteiger partial charge on any atom is -0.297 e. The second kappa shape index (κ2) is 4.95. The number of rotatable bonds is 4. The molecule has 0 fully saturated rings. The van der Waals surface area contributed by atoms with Gasteiger partial charge in [0.25, 0.3) is 0 Å². The highest BCUT2D eigenvalue weighted by molar-refractivity contribution is 5.80. The summed E-state index contributed by atoms with van der Waals surface area (Å²) < 4.78 is 15.1. The van der Waals surface area contributed by atoms with Gasteiger partial charge in [-0.15, -0.1) is 0 Å². The van der Waals surface area contributed by atoms with Crippen LogP contribution in [0, 0.1) is 5.82 Å². The lowest BCUT2D eigenvalue weighted by atomic mass is 10.1. The van der Waals surface area contributed by atoms with Crippen LogP contribution in [-0.2, 0) is 24.8 Å². The van der Waals surface area contributed by atoms with Crippen molar-refractivity contribution in [1.82, 2.24) is 14.3 Å². The molecule has 0 unspecified atom stereocenters. The Hall–Kier alpha value is -2.24. The summed E-state index contributed by atoms with van der Waals surface area (Å²) in [6.07, 6.45) is 1.51. The summed E-state index contributed by atoms with van der Waals surface area (Å²) >= 11 is 0. The summed E-state index contributed by atoms with van der Waals surface area (Å²) in [5, 5.41) is 3.80. The van der Waals surface area contributed by atoms with E-state index in [0.717, 1.165) is 4.68 Å². The van der Waals surface area contributed by atoms with Gasteiger partial charge in [0.1, 0.15) is 18.7 Å². The lowest BCUT2D eigenvalue weighted by Crippen LogP contribution is -2.27. The monoisotopic (exact) mass is 249 g/mol. The molecule has 0 amide bonds. The molecular formula is C12H12FN3O2. The predicted octanol–water partition coefficient (Wildman–Crippen LogP) is 0.533. The van der Waals surface area contributed by atoms with Crippen LogP contribution in [0.1, 0.15) is 5.56 Å². The third kappa shape index (κ3) is 2.71. The number of Topliss-reactive ketones (excluding diaryl/α,β-unsaturated/α-hetero) is 1. The molecule has 0 aliphatic heterocycles. The molecule has 1 heterocycles. The molecule has 18 heavy (non-hydrogen) atoms. The number of benzene rings is 1. The Labute approximate surface area is 102 Å². The first-order valence-corrected chi connectivity index (χ1v) is 5.41. The van der Waals surface area contributed by atoms with Crippen LogP contribution in [0.15, 0.2) is 35.4 Å². The van der Waals surface area contributed by atoms with Crippen molar-refractivity contribution in [2.24, 2.45) is 7.05 Å². The van der Waals surface area contributed by atoms with Gasteiger partial charge in [-0.2, -0.15) is 5.10 Å². The first kappa shape index (κ1) is 12.2. The minimum atomic E-state index is -0.341. The molecule has 94 valence electrons. The maximum atomic E-state index is 12.7. The van der Waals surface area contributed by atoms with E-state index in [2.05, 4.69) is 5.10 Å². The van der Waals surface area contributed by atoms with E-state index in [1.165, 1.54) is 23.0 Å². The summed E-state index contributed by atoms with van der Waals surface area (Å²) in [5.74, 6) is -0.491. The fourth-order valence-corrected chi connectivity index (χ4v) is 1.58.